The minimum Gasteiger partial charge on any atom is -0.426 e. The van der Waals surface area contributed by atoms with Crippen LogP contribution >= 0.6 is 22.9 Å². The van der Waals surface area contributed by atoms with Gasteiger partial charge in [0.2, 0.25) is 0 Å². The molecule has 2 aromatic carbocycles. The predicted octanol–water partition coefficient (Wildman–Crippen LogP) is 5.63. The van der Waals surface area contributed by atoms with Gasteiger partial charge in [-0.2, -0.15) is 0 Å². The van der Waals surface area contributed by atoms with Crippen LogP contribution in [0.1, 0.15) is 10.4 Å². The van der Waals surface area contributed by atoms with E-state index in [4.69, 9.17) is 20.8 Å². The quantitative estimate of drug-likeness (QED) is 0.248. The van der Waals surface area contributed by atoms with Crippen LogP contribution in [0.15, 0.2) is 69.2 Å². The average Bonchev–Trinajstić information content (AvgIpc) is 3.16. The van der Waals surface area contributed by atoms with E-state index in [0.29, 0.717) is 21.9 Å². The Morgan fingerprint density at radius 3 is 2.64 bits per heavy atom. The first-order valence-corrected chi connectivity index (χ1v) is 9.83. The van der Waals surface area contributed by atoms with Crippen LogP contribution in [0.5, 0.6) is 5.75 Å². The molecule has 0 aliphatic heterocycles. The number of carbonyl (C=O) groups is 1. The number of halogens is 1. The van der Waals surface area contributed by atoms with Crippen molar-refractivity contribution in [2.75, 3.05) is 0 Å². The van der Waals surface area contributed by atoms with Crippen LogP contribution in [-0.2, 0) is 11.2 Å². The lowest BCUT2D eigenvalue weighted by molar-refractivity contribution is -0.133. The molecule has 4 rings (SSSR count). The van der Waals surface area contributed by atoms with Gasteiger partial charge in [0.1, 0.15) is 11.3 Å². The van der Waals surface area contributed by atoms with Gasteiger partial charge in [0, 0.05) is 21.4 Å². The minimum atomic E-state index is -0.450. The number of benzene rings is 2. The standard InChI is InChI=1S/C22H15ClO4S/c1-13-18-9-8-16(26-20(24)12-17-3-2-10-28-17)11-19(18)27-22(25)21(13)14-4-6-15(23)7-5-14/h2-11H,12H2,1H3. The average molecular weight is 411 g/mol. The maximum Gasteiger partial charge on any atom is 0.344 e. The van der Waals surface area contributed by atoms with Crippen LogP contribution < -0.4 is 10.4 Å². The molecule has 2 heterocycles. The maximum absolute atomic E-state index is 12.6. The highest BCUT2D eigenvalue weighted by molar-refractivity contribution is 7.10. The van der Waals surface area contributed by atoms with Crippen LogP contribution in [0.4, 0.5) is 0 Å². The van der Waals surface area contributed by atoms with Crippen molar-refractivity contribution in [1.82, 2.24) is 0 Å². The largest absolute Gasteiger partial charge is 0.426 e. The van der Waals surface area contributed by atoms with Crippen molar-refractivity contribution in [3.8, 4) is 16.9 Å². The fourth-order valence-corrected chi connectivity index (χ4v) is 3.89. The molecule has 140 valence electrons. The summed E-state index contributed by atoms with van der Waals surface area (Å²) in [6.07, 6.45) is 0.203. The van der Waals surface area contributed by atoms with Gasteiger partial charge in [0.15, 0.2) is 0 Å². The van der Waals surface area contributed by atoms with Gasteiger partial charge in [-0.3, -0.25) is 4.79 Å². The molecule has 4 aromatic rings. The SMILES string of the molecule is Cc1c(-c2ccc(Cl)cc2)c(=O)oc2cc(OC(=O)Cc3cccs3)ccc12. The second-order valence-electron chi connectivity index (χ2n) is 6.28. The molecular formula is C22H15ClO4S. The Hall–Kier alpha value is -2.89. The van der Waals surface area contributed by atoms with E-state index >= 15 is 0 Å². The zero-order valence-corrected chi connectivity index (χ0v) is 16.5. The van der Waals surface area contributed by atoms with Crippen molar-refractivity contribution in [3.63, 3.8) is 0 Å². The third-order valence-corrected chi connectivity index (χ3v) is 5.53. The summed E-state index contributed by atoms with van der Waals surface area (Å²) in [6.45, 7) is 1.87. The number of aryl methyl sites for hydroxylation is 1. The van der Waals surface area contributed by atoms with Gasteiger partial charge < -0.3 is 9.15 Å². The Morgan fingerprint density at radius 2 is 1.93 bits per heavy atom. The number of fused-ring (bicyclic) bond motifs is 1. The first kappa shape index (κ1) is 18.5. The molecule has 0 amide bonds. The van der Waals surface area contributed by atoms with E-state index in [2.05, 4.69) is 0 Å². The molecule has 0 unspecified atom stereocenters. The lowest BCUT2D eigenvalue weighted by atomic mass is 10.00. The number of hydrogen-bond donors (Lipinski definition) is 0. The molecule has 0 saturated carbocycles. The fourth-order valence-electron chi connectivity index (χ4n) is 3.07. The molecule has 0 radical (unpaired) electrons. The fraction of sp³-hybridized carbons (Fsp3) is 0.0909. The molecule has 0 bridgehead atoms. The molecule has 0 spiro atoms. The third-order valence-electron chi connectivity index (χ3n) is 4.40. The summed E-state index contributed by atoms with van der Waals surface area (Å²) in [7, 11) is 0. The molecule has 0 N–H and O–H groups in total. The Balaban J connectivity index is 1.67. The van der Waals surface area contributed by atoms with Crippen molar-refractivity contribution < 1.29 is 13.9 Å². The maximum atomic E-state index is 12.6. The molecule has 0 aliphatic rings. The normalized spacial score (nSPS) is 10.9. The number of thiophene rings is 1. The smallest absolute Gasteiger partial charge is 0.344 e. The van der Waals surface area contributed by atoms with Crippen molar-refractivity contribution >= 4 is 39.9 Å². The highest BCUT2D eigenvalue weighted by atomic mass is 35.5. The number of carbonyl (C=O) groups excluding carboxylic acids is 1. The van der Waals surface area contributed by atoms with Crippen molar-refractivity contribution in [2.24, 2.45) is 0 Å². The highest BCUT2D eigenvalue weighted by Gasteiger charge is 2.15. The highest BCUT2D eigenvalue weighted by Crippen LogP contribution is 2.29. The number of hydrogen-bond acceptors (Lipinski definition) is 5. The van der Waals surface area contributed by atoms with Gasteiger partial charge in [-0.25, -0.2) is 4.79 Å². The summed E-state index contributed by atoms with van der Waals surface area (Å²) in [4.78, 5) is 25.6. The molecule has 2 aromatic heterocycles. The molecule has 28 heavy (non-hydrogen) atoms. The summed E-state index contributed by atoms with van der Waals surface area (Å²) in [5, 5.41) is 3.29. The zero-order chi connectivity index (χ0) is 19.7. The first-order chi connectivity index (χ1) is 13.5. The molecule has 6 heteroatoms. The minimum absolute atomic E-state index is 0.203. The van der Waals surface area contributed by atoms with E-state index in [-0.39, 0.29) is 12.4 Å². The van der Waals surface area contributed by atoms with E-state index in [0.717, 1.165) is 21.4 Å². The second kappa shape index (κ2) is 7.62. The predicted molar refractivity (Wildman–Crippen MR) is 111 cm³/mol. The molecule has 0 saturated heterocycles. The third kappa shape index (κ3) is 3.72. The number of esters is 1. The number of rotatable bonds is 4. The van der Waals surface area contributed by atoms with Gasteiger partial charge in [-0.15, -0.1) is 11.3 Å². The van der Waals surface area contributed by atoms with Crippen LogP contribution in [0.25, 0.3) is 22.1 Å². The molecular weight excluding hydrogens is 396 g/mol. The molecule has 4 nitrogen and oxygen atoms in total. The van der Waals surface area contributed by atoms with Crippen molar-refractivity contribution in [1.29, 1.82) is 0 Å². The Kier molecular flexibility index (Phi) is 5.03. The van der Waals surface area contributed by atoms with E-state index in [1.807, 2.05) is 24.4 Å². The van der Waals surface area contributed by atoms with Crippen LogP contribution in [0.3, 0.4) is 0 Å². The summed E-state index contributed by atoms with van der Waals surface area (Å²) in [5.41, 5.74) is 1.96. The van der Waals surface area contributed by atoms with E-state index < -0.39 is 5.63 Å². The lowest BCUT2D eigenvalue weighted by Gasteiger charge is -2.09. The summed E-state index contributed by atoms with van der Waals surface area (Å²) in [6, 6.07) is 15.9. The zero-order valence-electron chi connectivity index (χ0n) is 14.9. The Labute approximate surface area is 170 Å². The van der Waals surface area contributed by atoms with Crippen LogP contribution in [0, 0.1) is 6.92 Å². The molecule has 0 fully saturated rings. The van der Waals surface area contributed by atoms with Gasteiger partial charge >= 0.3 is 11.6 Å². The van der Waals surface area contributed by atoms with E-state index in [1.54, 1.807) is 42.5 Å². The monoisotopic (exact) mass is 410 g/mol. The van der Waals surface area contributed by atoms with Crippen LogP contribution in [-0.4, -0.2) is 5.97 Å². The topological polar surface area (TPSA) is 56.5 Å². The van der Waals surface area contributed by atoms with Crippen molar-refractivity contribution in [3.05, 3.63) is 85.9 Å². The van der Waals surface area contributed by atoms with Gasteiger partial charge in [-0.05, 0) is 53.8 Å². The van der Waals surface area contributed by atoms with Crippen molar-refractivity contribution in [2.45, 2.75) is 13.3 Å². The van der Waals surface area contributed by atoms with E-state index in [9.17, 15) is 9.59 Å². The van der Waals surface area contributed by atoms with Gasteiger partial charge in [-0.1, -0.05) is 29.8 Å². The first-order valence-electron chi connectivity index (χ1n) is 8.58. The van der Waals surface area contributed by atoms with Crippen LogP contribution in [0.2, 0.25) is 5.02 Å². The summed E-state index contributed by atoms with van der Waals surface area (Å²) in [5.74, 6) is -0.0190. The Bertz CT molecular complexity index is 1210. The summed E-state index contributed by atoms with van der Waals surface area (Å²) < 4.78 is 10.9. The van der Waals surface area contributed by atoms with E-state index in [1.165, 1.54) is 11.3 Å². The summed E-state index contributed by atoms with van der Waals surface area (Å²) >= 11 is 7.43. The molecule has 0 aliphatic carbocycles. The Morgan fingerprint density at radius 1 is 1.14 bits per heavy atom. The van der Waals surface area contributed by atoms with Gasteiger partial charge in [0.05, 0.1) is 12.0 Å². The lowest BCUT2D eigenvalue weighted by Crippen LogP contribution is -2.10. The second-order valence-corrected chi connectivity index (χ2v) is 7.75. The number of ether oxygens (including phenoxy) is 1. The van der Waals surface area contributed by atoms with Gasteiger partial charge in [0.25, 0.3) is 0 Å². The molecule has 0 atom stereocenters.